The van der Waals surface area contributed by atoms with E-state index in [1.807, 2.05) is 30.3 Å². The molecule has 0 spiro atoms. The summed E-state index contributed by atoms with van der Waals surface area (Å²) in [7, 11) is 2.90. The van der Waals surface area contributed by atoms with Crippen LogP contribution in [0.15, 0.2) is 30.3 Å². The molecule has 0 saturated heterocycles. The average Bonchev–Trinajstić information content (AvgIpc) is 2.74. The Morgan fingerprint density at radius 1 is 1.04 bits per heavy atom. The van der Waals surface area contributed by atoms with Crippen LogP contribution >= 0.6 is 0 Å². The number of carbonyl (C=O) groups excluding carboxylic acids is 2. The van der Waals surface area contributed by atoms with Crippen molar-refractivity contribution in [1.82, 2.24) is 5.32 Å². The normalized spacial score (nSPS) is 47.7. The third-order valence-corrected chi connectivity index (χ3v) is 8.94. The van der Waals surface area contributed by atoms with Gasteiger partial charge in [0.1, 0.15) is 6.04 Å². The standard InChI is InChI=1S/C21H23NO5/c1-26-18(24)17(22-10(8-23)9-6-4-3-5-7-9)20-11-14-12(20)16-13(20)15(11)21(14,16)19(25)27-2/h3-7,10-17,22-23H,8H2,1-2H3/t10-,11?,12?,13?,14?,15?,16?,17-,20?,21?/m1/s1. The molecule has 2 atom stereocenters. The number of aliphatic hydroxyl groups excluding tert-OH is 1. The lowest BCUT2D eigenvalue weighted by Gasteiger charge is -3.10. The van der Waals surface area contributed by atoms with Crippen molar-refractivity contribution in [3.63, 3.8) is 0 Å². The monoisotopic (exact) mass is 369 g/mol. The highest BCUT2D eigenvalue weighted by Crippen LogP contribution is 3.10. The largest absolute Gasteiger partial charge is 0.469 e. The van der Waals surface area contributed by atoms with Gasteiger partial charge in [0.15, 0.2) is 0 Å². The van der Waals surface area contributed by atoms with Crippen LogP contribution < -0.4 is 5.32 Å². The van der Waals surface area contributed by atoms with Gasteiger partial charge in [-0.05, 0) is 41.1 Å². The van der Waals surface area contributed by atoms with E-state index in [1.54, 1.807) is 0 Å². The highest BCUT2D eigenvalue weighted by atomic mass is 16.5. The lowest BCUT2D eigenvalue weighted by atomic mass is 8.91. The number of nitrogens with one attached hydrogen (secondary N) is 1. The zero-order valence-electron chi connectivity index (χ0n) is 15.3. The molecule has 27 heavy (non-hydrogen) atoms. The Labute approximate surface area is 157 Å². The zero-order valence-corrected chi connectivity index (χ0v) is 15.3. The van der Waals surface area contributed by atoms with Crippen LogP contribution in [0, 0.1) is 46.3 Å². The molecule has 0 bridgehead atoms. The Hall–Kier alpha value is -1.92. The summed E-state index contributed by atoms with van der Waals surface area (Å²) in [5.41, 5.74) is 0.662. The molecule has 0 aromatic heterocycles. The van der Waals surface area contributed by atoms with Crippen LogP contribution in [0.4, 0.5) is 0 Å². The minimum absolute atomic E-state index is 0.0420. The molecule has 6 saturated carbocycles. The van der Waals surface area contributed by atoms with Gasteiger partial charge in [0.25, 0.3) is 0 Å². The Bertz CT molecular complexity index is 798. The number of ether oxygens (including phenoxy) is 2. The van der Waals surface area contributed by atoms with E-state index in [4.69, 9.17) is 9.47 Å². The van der Waals surface area contributed by atoms with E-state index in [0.717, 1.165) is 5.56 Å². The quantitative estimate of drug-likeness (QED) is 0.691. The summed E-state index contributed by atoms with van der Waals surface area (Å²) in [6, 6.07) is 8.95. The summed E-state index contributed by atoms with van der Waals surface area (Å²) in [5, 5.41) is 13.4. The van der Waals surface area contributed by atoms with Crippen LogP contribution in [0.2, 0.25) is 0 Å². The van der Waals surface area contributed by atoms with Gasteiger partial charge in [0.2, 0.25) is 0 Å². The van der Waals surface area contributed by atoms with E-state index < -0.39 is 6.04 Å². The van der Waals surface area contributed by atoms with Crippen LogP contribution in [0.3, 0.4) is 0 Å². The number of methoxy groups -OCH3 is 2. The van der Waals surface area contributed by atoms with Crippen LogP contribution in [-0.4, -0.2) is 43.9 Å². The minimum atomic E-state index is -0.431. The second kappa shape index (κ2) is 4.73. The Morgan fingerprint density at radius 3 is 2.11 bits per heavy atom. The second-order valence-corrected chi connectivity index (χ2v) is 8.85. The number of hydrogen-bond acceptors (Lipinski definition) is 6. The van der Waals surface area contributed by atoms with Crippen LogP contribution in [0.5, 0.6) is 0 Å². The average molecular weight is 369 g/mol. The summed E-state index contributed by atoms with van der Waals surface area (Å²) in [6.07, 6.45) is 0. The van der Waals surface area contributed by atoms with Crippen molar-refractivity contribution in [2.24, 2.45) is 46.3 Å². The molecule has 0 aliphatic heterocycles. The summed E-state index contributed by atoms with van der Waals surface area (Å²) in [6.45, 7) is -0.0873. The molecule has 7 rings (SSSR count). The van der Waals surface area contributed by atoms with Gasteiger partial charge in [-0.3, -0.25) is 14.9 Å². The number of hydrogen-bond donors (Lipinski definition) is 2. The lowest BCUT2D eigenvalue weighted by Crippen LogP contribution is -3.13. The maximum absolute atomic E-state index is 12.7. The van der Waals surface area contributed by atoms with Crippen molar-refractivity contribution < 1.29 is 24.2 Å². The Balaban J connectivity index is 1.28. The first kappa shape index (κ1) is 16.1. The third kappa shape index (κ3) is 1.27. The van der Waals surface area contributed by atoms with Gasteiger partial charge < -0.3 is 14.6 Å². The molecule has 6 nitrogen and oxygen atoms in total. The van der Waals surface area contributed by atoms with E-state index in [9.17, 15) is 14.7 Å². The smallest absolute Gasteiger partial charge is 0.323 e. The Morgan fingerprint density at radius 2 is 1.63 bits per heavy atom. The van der Waals surface area contributed by atoms with Gasteiger partial charge in [-0.25, -0.2) is 0 Å². The second-order valence-electron chi connectivity index (χ2n) is 8.85. The van der Waals surface area contributed by atoms with Gasteiger partial charge in [-0.1, -0.05) is 30.3 Å². The van der Waals surface area contributed by atoms with Gasteiger partial charge >= 0.3 is 11.9 Å². The predicted octanol–water partition coefficient (Wildman–Crippen LogP) is 0.762. The van der Waals surface area contributed by atoms with E-state index in [2.05, 4.69) is 5.32 Å². The van der Waals surface area contributed by atoms with Gasteiger partial charge in [0, 0.05) is 5.41 Å². The number of carbonyl (C=O) groups is 2. The SMILES string of the molecule is COC(=O)[C@@H](N[C@H](CO)c1ccccc1)C12C3C4C1C1C2C3C41C(=O)OC. The van der Waals surface area contributed by atoms with Crippen LogP contribution in [-0.2, 0) is 19.1 Å². The van der Waals surface area contributed by atoms with Crippen LogP contribution in [0.1, 0.15) is 11.6 Å². The van der Waals surface area contributed by atoms with Gasteiger partial charge in [-0.2, -0.15) is 0 Å². The first-order chi connectivity index (χ1) is 13.1. The Kier molecular flexibility index (Phi) is 2.82. The highest BCUT2D eigenvalue weighted by Gasteiger charge is 3.12. The molecule has 6 aliphatic rings. The molecule has 0 radical (unpaired) electrons. The fourth-order valence-electron chi connectivity index (χ4n) is 8.45. The van der Waals surface area contributed by atoms with Crippen molar-refractivity contribution in [2.75, 3.05) is 20.8 Å². The molecular formula is C21H23NO5. The summed E-state index contributed by atoms with van der Waals surface area (Å²) >= 11 is 0. The molecule has 0 amide bonds. The maximum atomic E-state index is 12.7. The van der Waals surface area contributed by atoms with Crippen molar-refractivity contribution in [3.8, 4) is 0 Å². The molecule has 1 aromatic rings. The molecule has 6 fully saturated rings. The van der Waals surface area contributed by atoms with Gasteiger partial charge in [-0.15, -0.1) is 0 Å². The zero-order chi connectivity index (χ0) is 18.7. The summed E-state index contributed by atoms with van der Waals surface area (Å²) in [4.78, 5) is 25.0. The number of esters is 2. The molecule has 0 unspecified atom stereocenters. The molecule has 6 heteroatoms. The molecule has 1 aromatic carbocycles. The minimum Gasteiger partial charge on any atom is -0.469 e. The van der Waals surface area contributed by atoms with Crippen molar-refractivity contribution in [3.05, 3.63) is 35.9 Å². The summed E-state index contributed by atoms with van der Waals surface area (Å²) in [5.74, 6) is 2.14. The van der Waals surface area contributed by atoms with Crippen molar-refractivity contribution in [2.45, 2.75) is 12.1 Å². The fraction of sp³-hybridized carbons (Fsp3) is 0.619. The number of benzene rings is 1. The van der Waals surface area contributed by atoms with Crippen molar-refractivity contribution in [1.29, 1.82) is 0 Å². The predicted molar refractivity (Wildman–Crippen MR) is 93.0 cm³/mol. The highest BCUT2D eigenvalue weighted by molar-refractivity contribution is 5.90. The lowest BCUT2D eigenvalue weighted by molar-refractivity contribution is -0.646. The van der Waals surface area contributed by atoms with Gasteiger partial charge in [0.05, 0.1) is 32.3 Å². The topological polar surface area (TPSA) is 84.9 Å². The fourth-order valence-corrected chi connectivity index (χ4v) is 8.45. The van der Waals surface area contributed by atoms with Crippen LogP contribution in [0.25, 0.3) is 0 Å². The number of rotatable bonds is 7. The summed E-state index contributed by atoms with van der Waals surface area (Å²) < 4.78 is 10.2. The first-order valence-corrected chi connectivity index (χ1v) is 9.69. The maximum Gasteiger partial charge on any atom is 0.323 e. The van der Waals surface area contributed by atoms with E-state index >= 15 is 0 Å². The van der Waals surface area contributed by atoms with Crippen molar-refractivity contribution >= 4 is 11.9 Å². The number of aliphatic hydroxyl groups is 1. The molecule has 0 heterocycles. The van der Waals surface area contributed by atoms with E-state index in [-0.39, 0.29) is 35.4 Å². The molecule has 142 valence electrons. The molecule has 6 aliphatic carbocycles. The van der Waals surface area contributed by atoms with E-state index in [0.29, 0.717) is 35.5 Å². The third-order valence-electron chi connectivity index (χ3n) is 8.94. The molecular weight excluding hydrogens is 346 g/mol. The molecule has 2 N–H and O–H groups in total. The van der Waals surface area contributed by atoms with E-state index in [1.165, 1.54) is 14.2 Å². The first-order valence-electron chi connectivity index (χ1n) is 9.69.